The van der Waals surface area contributed by atoms with Gasteiger partial charge in [0, 0.05) is 36.9 Å². The molecule has 0 heterocycles. The van der Waals surface area contributed by atoms with Crippen LogP contribution in [0.2, 0.25) is 0 Å². The van der Waals surface area contributed by atoms with Crippen LogP contribution < -0.4 is 9.47 Å². The van der Waals surface area contributed by atoms with Gasteiger partial charge in [-0.3, -0.25) is 9.59 Å². The maximum absolute atomic E-state index is 12.7. The van der Waals surface area contributed by atoms with Crippen molar-refractivity contribution < 1.29 is 19.1 Å². The number of amides is 1. The van der Waals surface area contributed by atoms with E-state index in [1.165, 1.54) is 11.0 Å². The first-order chi connectivity index (χ1) is 14.7. The zero-order valence-electron chi connectivity index (χ0n) is 20.7. The summed E-state index contributed by atoms with van der Waals surface area (Å²) in [6, 6.07) is 10.5. The lowest BCUT2D eigenvalue weighted by atomic mass is 10.0. The van der Waals surface area contributed by atoms with Crippen molar-refractivity contribution in [3.8, 4) is 11.5 Å². The van der Waals surface area contributed by atoms with E-state index in [1.54, 1.807) is 44.4 Å². The third-order valence-corrected chi connectivity index (χ3v) is 4.38. The number of nitrogens with zero attached hydrogens (tertiary/aromatic N) is 1. The number of hydrogen-bond acceptors (Lipinski definition) is 4. The number of benzene rings is 2. The zero-order chi connectivity index (χ0) is 24.3. The highest BCUT2D eigenvalue weighted by Crippen LogP contribution is 2.34. The molecule has 0 N–H and O–H groups in total. The Kier molecular flexibility index (Phi) is 7.55. The van der Waals surface area contributed by atoms with Crippen LogP contribution in [-0.2, 0) is 0 Å². The highest BCUT2D eigenvalue weighted by Gasteiger charge is 2.19. The van der Waals surface area contributed by atoms with Crippen molar-refractivity contribution in [2.45, 2.75) is 59.7 Å². The Morgan fingerprint density at radius 3 is 1.81 bits per heavy atom. The molecule has 0 unspecified atom stereocenters. The Bertz CT molecular complexity index is 1000. The van der Waals surface area contributed by atoms with Crippen LogP contribution in [-0.4, -0.2) is 41.9 Å². The standard InChI is InChI=1S/C27H35NO4/c1-18-16-21(24(32-27(5,6)7)17-23(18)31-26(2,3)4)14-15-22(29)19-10-12-20(13-11-19)25(30)28(8)9/h10-17H,1-9H3. The van der Waals surface area contributed by atoms with Crippen LogP contribution in [0.4, 0.5) is 0 Å². The van der Waals surface area contributed by atoms with Crippen molar-refractivity contribution in [1.82, 2.24) is 4.90 Å². The van der Waals surface area contributed by atoms with Crippen LogP contribution >= 0.6 is 0 Å². The van der Waals surface area contributed by atoms with Crippen molar-refractivity contribution in [2.75, 3.05) is 14.1 Å². The topological polar surface area (TPSA) is 55.8 Å². The van der Waals surface area contributed by atoms with Gasteiger partial charge < -0.3 is 14.4 Å². The summed E-state index contributed by atoms with van der Waals surface area (Å²) < 4.78 is 12.2. The minimum Gasteiger partial charge on any atom is -0.488 e. The lowest BCUT2D eigenvalue weighted by molar-refractivity contribution is 0.0827. The Morgan fingerprint density at radius 2 is 1.31 bits per heavy atom. The van der Waals surface area contributed by atoms with Crippen LogP contribution in [0.5, 0.6) is 11.5 Å². The van der Waals surface area contributed by atoms with Gasteiger partial charge in [-0.2, -0.15) is 0 Å². The fourth-order valence-electron chi connectivity index (χ4n) is 2.98. The number of ketones is 1. The number of carbonyl (C=O) groups is 2. The summed E-state index contributed by atoms with van der Waals surface area (Å²) in [6.45, 7) is 13.9. The second kappa shape index (κ2) is 9.60. The molecular formula is C27H35NO4. The number of aryl methyl sites for hydroxylation is 1. The summed E-state index contributed by atoms with van der Waals surface area (Å²) in [5, 5.41) is 0. The first kappa shape index (κ1) is 25.2. The van der Waals surface area contributed by atoms with E-state index in [9.17, 15) is 9.59 Å². The molecule has 172 valence electrons. The van der Waals surface area contributed by atoms with Crippen molar-refractivity contribution in [3.63, 3.8) is 0 Å². The van der Waals surface area contributed by atoms with E-state index < -0.39 is 5.60 Å². The van der Waals surface area contributed by atoms with E-state index in [0.29, 0.717) is 16.9 Å². The molecule has 1 amide bonds. The van der Waals surface area contributed by atoms with Crippen molar-refractivity contribution in [1.29, 1.82) is 0 Å². The number of hydrogen-bond donors (Lipinski definition) is 0. The lowest BCUT2D eigenvalue weighted by Gasteiger charge is -2.26. The summed E-state index contributed by atoms with van der Waals surface area (Å²) in [5.41, 5.74) is 2.07. The van der Waals surface area contributed by atoms with Gasteiger partial charge in [-0.15, -0.1) is 0 Å². The first-order valence-corrected chi connectivity index (χ1v) is 10.7. The molecule has 0 aliphatic heterocycles. The van der Waals surface area contributed by atoms with Crippen LogP contribution in [0, 0.1) is 6.92 Å². The molecule has 0 spiro atoms. The Hall–Kier alpha value is -3.08. The minimum atomic E-state index is -0.407. The van der Waals surface area contributed by atoms with E-state index in [2.05, 4.69) is 0 Å². The largest absolute Gasteiger partial charge is 0.488 e. The second-order valence-electron chi connectivity index (χ2n) is 10.1. The highest BCUT2D eigenvalue weighted by molar-refractivity contribution is 6.07. The van der Waals surface area contributed by atoms with Gasteiger partial charge in [0.2, 0.25) is 0 Å². The predicted octanol–water partition coefficient (Wildman–Crippen LogP) is 5.95. The van der Waals surface area contributed by atoms with Crippen LogP contribution in [0.25, 0.3) is 6.08 Å². The first-order valence-electron chi connectivity index (χ1n) is 10.7. The average molecular weight is 438 g/mol. The van der Waals surface area contributed by atoms with Gasteiger partial charge in [-0.1, -0.05) is 12.1 Å². The van der Waals surface area contributed by atoms with Crippen molar-refractivity contribution in [2.24, 2.45) is 0 Å². The molecule has 0 aromatic heterocycles. The molecule has 2 rings (SSSR count). The molecule has 0 atom stereocenters. The molecule has 5 nitrogen and oxygen atoms in total. The third kappa shape index (κ3) is 7.26. The number of ether oxygens (including phenoxy) is 2. The maximum atomic E-state index is 12.7. The normalized spacial score (nSPS) is 12.0. The fraction of sp³-hybridized carbons (Fsp3) is 0.407. The molecular weight excluding hydrogens is 402 g/mol. The van der Waals surface area contributed by atoms with Gasteiger partial charge in [0.25, 0.3) is 5.91 Å². The van der Waals surface area contributed by atoms with E-state index in [-0.39, 0.29) is 17.3 Å². The maximum Gasteiger partial charge on any atom is 0.253 e. The molecule has 0 aliphatic rings. The van der Waals surface area contributed by atoms with Gasteiger partial charge >= 0.3 is 0 Å². The molecule has 0 fully saturated rings. The van der Waals surface area contributed by atoms with E-state index in [4.69, 9.17) is 9.47 Å². The summed E-state index contributed by atoms with van der Waals surface area (Å²) in [6.07, 6.45) is 3.29. The Labute approximate surface area is 192 Å². The average Bonchev–Trinajstić information content (AvgIpc) is 2.66. The quantitative estimate of drug-likeness (QED) is 0.414. The van der Waals surface area contributed by atoms with Gasteiger partial charge in [0.15, 0.2) is 5.78 Å². The molecule has 2 aromatic rings. The van der Waals surface area contributed by atoms with Crippen molar-refractivity contribution in [3.05, 3.63) is 64.7 Å². The Balaban J connectivity index is 2.34. The minimum absolute atomic E-state index is 0.100. The van der Waals surface area contributed by atoms with Crippen LogP contribution in [0.3, 0.4) is 0 Å². The molecule has 0 bridgehead atoms. The molecule has 5 heteroatoms. The molecule has 0 saturated heterocycles. The molecule has 0 saturated carbocycles. The summed E-state index contributed by atoms with van der Waals surface area (Å²) in [7, 11) is 3.39. The molecule has 2 aromatic carbocycles. The number of rotatable bonds is 6. The van der Waals surface area contributed by atoms with Crippen LogP contribution in [0.15, 0.2) is 42.5 Å². The zero-order valence-corrected chi connectivity index (χ0v) is 20.7. The highest BCUT2D eigenvalue weighted by atomic mass is 16.5. The van der Waals surface area contributed by atoms with Gasteiger partial charge in [0.05, 0.1) is 0 Å². The summed E-state index contributed by atoms with van der Waals surface area (Å²) in [4.78, 5) is 26.3. The fourth-order valence-corrected chi connectivity index (χ4v) is 2.98. The number of carbonyl (C=O) groups excluding carboxylic acids is 2. The second-order valence-corrected chi connectivity index (χ2v) is 10.1. The van der Waals surface area contributed by atoms with E-state index in [0.717, 1.165) is 16.9 Å². The van der Waals surface area contributed by atoms with Gasteiger partial charge in [-0.05, 0) is 84.4 Å². The number of allylic oxidation sites excluding steroid dienone is 1. The van der Waals surface area contributed by atoms with Crippen LogP contribution in [0.1, 0.15) is 73.4 Å². The molecule has 32 heavy (non-hydrogen) atoms. The molecule has 0 aliphatic carbocycles. The third-order valence-electron chi connectivity index (χ3n) is 4.38. The summed E-state index contributed by atoms with van der Waals surface area (Å²) in [5.74, 6) is 1.15. The van der Waals surface area contributed by atoms with E-state index >= 15 is 0 Å². The lowest BCUT2D eigenvalue weighted by Crippen LogP contribution is -2.25. The smallest absolute Gasteiger partial charge is 0.253 e. The van der Waals surface area contributed by atoms with Gasteiger partial charge in [0.1, 0.15) is 22.7 Å². The van der Waals surface area contributed by atoms with E-state index in [1.807, 2.05) is 60.6 Å². The molecule has 0 radical (unpaired) electrons. The monoisotopic (exact) mass is 437 g/mol. The SMILES string of the molecule is Cc1cc(C=CC(=O)c2ccc(C(=O)N(C)C)cc2)c(OC(C)(C)C)cc1OC(C)(C)C. The van der Waals surface area contributed by atoms with Crippen molar-refractivity contribution >= 4 is 17.8 Å². The Morgan fingerprint density at radius 1 is 0.812 bits per heavy atom. The summed E-state index contributed by atoms with van der Waals surface area (Å²) >= 11 is 0. The van der Waals surface area contributed by atoms with Gasteiger partial charge in [-0.25, -0.2) is 0 Å². The predicted molar refractivity (Wildman–Crippen MR) is 130 cm³/mol.